The molecule has 2 N–H and O–H groups in total. The van der Waals surface area contributed by atoms with Crippen LogP contribution in [0.5, 0.6) is 0 Å². The second-order valence-corrected chi connectivity index (χ2v) is 5.67. The molecule has 0 fully saturated rings. The Kier molecular flexibility index (Phi) is 5.01. The zero-order valence-corrected chi connectivity index (χ0v) is 13.0. The number of hydrogen-bond donors (Lipinski definition) is 1. The molecular formula is C16H18BrFN2. The van der Waals surface area contributed by atoms with E-state index < -0.39 is 0 Å². The number of halogens is 2. The van der Waals surface area contributed by atoms with Gasteiger partial charge in [-0.1, -0.05) is 28.9 Å². The Morgan fingerprint density at radius 2 is 2.00 bits per heavy atom. The summed E-state index contributed by atoms with van der Waals surface area (Å²) in [5.41, 5.74) is 8.25. The van der Waals surface area contributed by atoms with E-state index >= 15 is 0 Å². The molecule has 0 radical (unpaired) electrons. The average molecular weight is 337 g/mol. The SMILES string of the molecule is CCCN(Cc1cc(Br)ccc1F)c1cccc(N)c1. The number of nitrogen functional groups attached to an aromatic ring is 1. The highest BCUT2D eigenvalue weighted by molar-refractivity contribution is 9.10. The molecule has 0 spiro atoms. The first-order chi connectivity index (χ1) is 9.60. The van der Waals surface area contributed by atoms with Crippen LogP contribution in [0.3, 0.4) is 0 Å². The number of hydrogen-bond acceptors (Lipinski definition) is 2. The van der Waals surface area contributed by atoms with Crippen molar-refractivity contribution in [2.45, 2.75) is 19.9 Å². The van der Waals surface area contributed by atoms with Gasteiger partial charge in [-0.2, -0.15) is 0 Å². The highest BCUT2D eigenvalue weighted by Gasteiger charge is 2.10. The Bertz CT molecular complexity index is 586. The fourth-order valence-electron chi connectivity index (χ4n) is 2.16. The molecule has 0 aliphatic carbocycles. The molecule has 0 amide bonds. The van der Waals surface area contributed by atoms with Crippen molar-refractivity contribution in [1.29, 1.82) is 0 Å². The summed E-state index contributed by atoms with van der Waals surface area (Å²) in [7, 11) is 0. The lowest BCUT2D eigenvalue weighted by Crippen LogP contribution is -2.24. The molecule has 0 aliphatic heterocycles. The predicted molar refractivity (Wildman–Crippen MR) is 86.3 cm³/mol. The summed E-state index contributed by atoms with van der Waals surface area (Å²) in [6.07, 6.45) is 0.990. The van der Waals surface area contributed by atoms with E-state index in [4.69, 9.17) is 5.73 Å². The zero-order valence-electron chi connectivity index (χ0n) is 11.4. The monoisotopic (exact) mass is 336 g/mol. The van der Waals surface area contributed by atoms with Gasteiger partial charge < -0.3 is 10.6 Å². The first-order valence-corrected chi connectivity index (χ1v) is 7.44. The second-order valence-electron chi connectivity index (χ2n) is 4.75. The Hall–Kier alpha value is -1.55. The quantitative estimate of drug-likeness (QED) is 0.809. The van der Waals surface area contributed by atoms with Crippen molar-refractivity contribution in [1.82, 2.24) is 0 Å². The van der Waals surface area contributed by atoms with Crippen LogP contribution < -0.4 is 10.6 Å². The van der Waals surface area contributed by atoms with E-state index in [0.717, 1.165) is 28.8 Å². The van der Waals surface area contributed by atoms with Gasteiger partial charge in [-0.25, -0.2) is 4.39 Å². The van der Waals surface area contributed by atoms with Gasteiger partial charge in [0.1, 0.15) is 5.82 Å². The second kappa shape index (κ2) is 6.75. The van der Waals surface area contributed by atoms with Crippen LogP contribution in [0.2, 0.25) is 0 Å². The molecule has 0 saturated heterocycles. The minimum atomic E-state index is -0.182. The maximum absolute atomic E-state index is 13.9. The van der Waals surface area contributed by atoms with Crippen molar-refractivity contribution in [2.75, 3.05) is 17.2 Å². The van der Waals surface area contributed by atoms with Gasteiger partial charge in [0.25, 0.3) is 0 Å². The molecule has 2 aromatic carbocycles. The van der Waals surface area contributed by atoms with E-state index in [1.165, 1.54) is 6.07 Å². The minimum absolute atomic E-state index is 0.182. The molecule has 0 aromatic heterocycles. The lowest BCUT2D eigenvalue weighted by molar-refractivity contribution is 0.602. The summed E-state index contributed by atoms with van der Waals surface area (Å²) < 4.78 is 14.8. The summed E-state index contributed by atoms with van der Waals surface area (Å²) >= 11 is 3.39. The number of nitrogens with zero attached hydrogens (tertiary/aromatic N) is 1. The van der Waals surface area contributed by atoms with Gasteiger partial charge in [0.15, 0.2) is 0 Å². The predicted octanol–water partition coefficient (Wildman–Crippen LogP) is 4.59. The van der Waals surface area contributed by atoms with Crippen molar-refractivity contribution in [3.63, 3.8) is 0 Å². The molecule has 0 heterocycles. The van der Waals surface area contributed by atoms with Crippen LogP contribution in [0.1, 0.15) is 18.9 Å². The molecule has 0 atom stereocenters. The Balaban J connectivity index is 2.27. The number of nitrogens with two attached hydrogens (primary N) is 1. The third-order valence-electron chi connectivity index (χ3n) is 3.10. The molecule has 0 unspecified atom stereocenters. The van der Waals surface area contributed by atoms with Crippen molar-refractivity contribution in [2.24, 2.45) is 0 Å². The average Bonchev–Trinajstić information content (AvgIpc) is 2.42. The third kappa shape index (κ3) is 3.73. The standard InChI is InChI=1S/C16H18BrFN2/c1-2-8-20(15-5-3-4-14(19)10-15)11-12-9-13(17)6-7-16(12)18/h3-7,9-10H,2,8,11,19H2,1H3. The van der Waals surface area contributed by atoms with Gasteiger partial charge in [-0.3, -0.25) is 0 Å². The summed E-state index contributed by atoms with van der Waals surface area (Å²) in [6.45, 7) is 3.49. The van der Waals surface area contributed by atoms with E-state index in [-0.39, 0.29) is 5.82 Å². The summed E-state index contributed by atoms with van der Waals surface area (Å²) in [4.78, 5) is 2.14. The fraction of sp³-hybridized carbons (Fsp3) is 0.250. The first kappa shape index (κ1) is 14.9. The summed E-state index contributed by atoms with van der Waals surface area (Å²) in [5.74, 6) is -0.182. The topological polar surface area (TPSA) is 29.3 Å². The first-order valence-electron chi connectivity index (χ1n) is 6.64. The molecular weight excluding hydrogens is 319 g/mol. The zero-order chi connectivity index (χ0) is 14.5. The molecule has 4 heteroatoms. The van der Waals surface area contributed by atoms with Crippen LogP contribution in [0.15, 0.2) is 46.9 Å². The van der Waals surface area contributed by atoms with Crippen molar-refractivity contribution >= 4 is 27.3 Å². The normalized spacial score (nSPS) is 10.6. The Labute approximate surface area is 127 Å². The Morgan fingerprint density at radius 3 is 2.70 bits per heavy atom. The molecule has 0 bridgehead atoms. The lowest BCUT2D eigenvalue weighted by atomic mass is 10.1. The number of anilines is 2. The largest absolute Gasteiger partial charge is 0.399 e. The van der Waals surface area contributed by atoms with E-state index in [1.54, 1.807) is 6.07 Å². The Morgan fingerprint density at radius 1 is 1.20 bits per heavy atom. The van der Waals surface area contributed by atoms with Crippen molar-refractivity contribution in [3.8, 4) is 0 Å². The van der Waals surface area contributed by atoms with E-state index in [1.807, 2.05) is 30.3 Å². The maximum atomic E-state index is 13.9. The van der Waals surface area contributed by atoms with Gasteiger partial charge in [0.05, 0.1) is 0 Å². The van der Waals surface area contributed by atoms with Crippen molar-refractivity contribution < 1.29 is 4.39 Å². The fourth-order valence-corrected chi connectivity index (χ4v) is 2.57. The van der Waals surface area contributed by atoms with Crippen LogP contribution in [0.4, 0.5) is 15.8 Å². The van der Waals surface area contributed by atoms with Crippen LogP contribution in [-0.2, 0) is 6.54 Å². The van der Waals surface area contributed by atoms with Gasteiger partial charge in [-0.15, -0.1) is 0 Å². The molecule has 20 heavy (non-hydrogen) atoms. The molecule has 2 rings (SSSR count). The van der Waals surface area contributed by atoms with Crippen LogP contribution >= 0.6 is 15.9 Å². The summed E-state index contributed by atoms with van der Waals surface area (Å²) in [5, 5.41) is 0. The van der Waals surface area contributed by atoms with E-state index in [0.29, 0.717) is 12.1 Å². The van der Waals surface area contributed by atoms with E-state index in [9.17, 15) is 4.39 Å². The number of benzene rings is 2. The maximum Gasteiger partial charge on any atom is 0.128 e. The molecule has 0 saturated carbocycles. The van der Waals surface area contributed by atoms with E-state index in [2.05, 4.69) is 27.8 Å². The van der Waals surface area contributed by atoms with Gasteiger partial charge in [-0.05, 0) is 42.8 Å². The smallest absolute Gasteiger partial charge is 0.128 e. The van der Waals surface area contributed by atoms with Gasteiger partial charge >= 0.3 is 0 Å². The van der Waals surface area contributed by atoms with Gasteiger partial charge in [0, 0.05) is 34.5 Å². The minimum Gasteiger partial charge on any atom is -0.399 e. The highest BCUT2D eigenvalue weighted by atomic mass is 79.9. The lowest BCUT2D eigenvalue weighted by Gasteiger charge is -2.25. The van der Waals surface area contributed by atoms with Gasteiger partial charge in [0.2, 0.25) is 0 Å². The van der Waals surface area contributed by atoms with Crippen LogP contribution in [0.25, 0.3) is 0 Å². The summed E-state index contributed by atoms with van der Waals surface area (Å²) in [6, 6.07) is 12.7. The number of rotatable bonds is 5. The molecule has 2 nitrogen and oxygen atoms in total. The molecule has 106 valence electrons. The highest BCUT2D eigenvalue weighted by Crippen LogP contribution is 2.23. The van der Waals surface area contributed by atoms with Crippen LogP contribution in [0, 0.1) is 5.82 Å². The van der Waals surface area contributed by atoms with Crippen LogP contribution in [-0.4, -0.2) is 6.54 Å². The molecule has 0 aliphatic rings. The third-order valence-corrected chi connectivity index (χ3v) is 3.59. The van der Waals surface area contributed by atoms with Crippen molar-refractivity contribution in [3.05, 3.63) is 58.3 Å². The molecule has 2 aromatic rings.